The standard InChI is InChI=1S/C14H20F2N4O2S/c1-22-12(21)10-9(7-17)18-13(23-2)19-11(10)20-6-4-3-5-14(15,16)8-20/h3-8,17H2,1-2H3. The molecule has 0 saturated carbocycles. The van der Waals surface area contributed by atoms with Gasteiger partial charge in [-0.25, -0.2) is 23.5 Å². The van der Waals surface area contributed by atoms with Gasteiger partial charge in [0.15, 0.2) is 5.16 Å². The van der Waals surface area contributed by atoms with Crippen LogP contribution in [0.4, 0.5) is 14.6 Å². The predicted molar refractivity (Wildman–Crippen MR) is 84.1 cm³/mol. The minimum Gasteiger partial charge on any atom is -0.465 e. The van der Waals surface area contributed by atoms with E-state index >= 15 is 0 Å². The maximum atomic E-state index is 13.9. The van der Waals surface area contributed by atoms with Gasteiger partial charge in [-0.2, -0.15) is 0 Å². The number of carbonyl (C=O) groups is 1. The molecule has 0 radical (unpaired) electrons. The molecule has 0 unspecified atom stereocenters. The van der Waals surface area contributed by atoms with Crippen molar-refractivity contribution in [1.82, 2.24) is 9.97 Å². The number of anilines is 1. The zero-order valence-corrected chi connectivity index (χ0v) is 14.0. The van der Waals surface area contributed by atoms with Crippen LogP contribution in [0.3, 0.4) is 0 Å². The van der Waals surface area contributed by atoms with E-state index in [0.717, 1.165) is 0 Å². The minimum absolute atomic E-state index is 0.00224. The number of hydrogen-bond donors (Lipinski definition) is 1. The number of esters is 1. The van der Waals surface area contributed by atoms with Gasteiger partial charge in [0.1, 0.15) is 11.4 Å². The molecule has 1 aliphatic heterocycles. The molecule has 9 heteroatoms. The van der Waals surface area contributed by atoms with Crippen molar-refractivity contribution in [3.05, 3.63) is 11.3 Å². The third-order valence-corrected chi connectivity index (χ3v) is 4.20. The largest absolute Gasteiger partial charge is 0.465 e. The first-order valence-electron chi connectivity index (χ1n) is 7.28. The van der Waals surface area contributed by atoms with Crippen LogP contribution >= 0.6 is 11.8 Å². The Labute approximate surface area is 137 Å². The maximum Gasteiger partial charge on any atom is 0.343 e. The zero-order valence-electron chi connectivity index (χ0n) is 13.1. The molecule has 1 aliphatic rings. The lowest BCUT2D eigenvalue weighted by Crippen LogP contribution is -2.37. The number of nitrogens with two attached hydrogens (primary N) is 1. The van der Waals surface area contributed by atoms with Crippen LogP contribution in [0.2, 0.25) is 0 Å². The van der Waals surface area contributed by atoms with Crippen molar-refractivity contribution in [3.8, 4) is 0 Å². The second kappa shape index (κ2) is 7.39. The Hall–Kier alpha value is -1.48. The number of alkyl halides is 2. The van der Waals surface area contributed by atoms with E-state index in [1.165, 1.54) is 23.8 Å². The number of hydrogen-bond acceptors (Lipinski definition) is 7. The van der Waals surface area contributed by atoms with Crippen LogP contribution in [-0.4, -0.2) is 48.3 Å². The summed E-state index contributed by atoms with van der Waals surface area (Å²) in [6.45, 7) is -0.0853. The number of methoxy groups -OCH3 is 1. The lowest BCUT2D eigenvalue weighted by molar-refractivity contribution is 0.00324. The molecular weight excluding hydrogens is 326 g/mol. The highest BCUT2D eigenvalue weighted by Gasteiger charge is 2.36. The lowest BCUT2D eigenvalue weighted by Gasteiger charge is -2.27. The van der Waals surface area contributed by atoms with Gasteiger partial charge in [-0.3, -0.25) is 0 Å². The summed E-state index contributed by atoms with van der Waals surface area (Å²) >= 11 is 1.27. The van der Waals surface area contributed by atoms with Gasteiger partial charge >= 0.3 is 5.97 Å². The summed E-state index contributed by atoms with van der Waals surface area (Å²) < 4.78 is 32.7. The average molecular weight is 346 g/mol. The average Bonchev–Trinajstić information content (AvgIpc) is 2.73. The van der Waals surface area contributed by atoms with Gasteiger partial charge in [0.05, 0.1) is 19.3 Å². The van der Waals surface area contributed by atoms with Crippen LogP contribution in [0.25, 0.3) is 0 Å². The van der Waals surface area contributed by atoms with Crippen molar-refractivity contribution >= 4 is 23.5 Å². The summed E-state index contributed by atoms with van der Waals surface area (Å²) in [6.07, 6.45) is 2.64. The monoisotopic (exact) mass is 346 g/mol. The van der Waals surface area contributed by atoms with Gasteiger partial charge in [-0.1, -0.05) is 11.8 Å². The number of halogens is 2. The van der Waals surface area contributed by atoms with E-state index in [1.54, 1.807) is 6.26 Å². The third-order valence-electron chi connectivity index (χ3n) is 3.65. The van der Waals surface area contributed by atoms with Crippen LogP contribution in [0.1, 0.15) is 35.3 Å². The molecule has 128 valence electrons. The number of carbonyl (C=O) groups excluding carboxylic acids is 1. The van der Waals surface area contributed by atoms with E-state index in [9.17, 15) is 13.6 Å². The van der Waals surface area contributed by atoms with E-state index < -0.39 is 18.4 Å². The van der Waals surface area contributed by atoms with Crippen molar-refractivity contribution in [1.29, 1.82) is 0 Å². The van der Waals surface area contributed by atoms with E-state index in [-0.39, 0.29) is 24.3 Å². The highest BCUT2D eigenvalue weighted by molar-refractivity contribution is 7.98. The smallest absolute Gasteiger partial charge is 0.343 e. The molecule has 0 atom stereocenters. The highest BCUT2D eigenvalue weighted by atomic mass is 32.2. The predicted octanol–water partition coefficient (Wildman–Crippen LogP) is 2.07. The fourth-order valence-corrected chi connectivity index (χ4v) is 2.93. The number of rotatable bonds is 4. The van der Waals surface area contributed by atoms with Gasteiger partial charge in [-0.05, 0) is 19.1 Å². The molecule has 23 heavy (non-hydrogen) atoms. The van der Waals surface area contributed by atoms with Gasteiger partial charge in [0.25, 0.3) is 5.92 Å². The fourth-order valence-electron chi connectivity index (χ4n) is 2.56. The molecule has 1 fully saturated rings. The second-order valence-electron chi connectivity index (χ2n) is 5.29. The normalized spacial score (nSPS) is 17.7. The van der Waals surface area contributed by atoms with Crippen molar-refractivity contribution < 1.29 is 18.3 Å². The molecule has 0 aromatic carbocycles. The third kappa shape index (κ3) is 4.08. The molecule has 1 saturated heterocycles. The van der Waals surface area contributed by atoms with Crippen LogP contribution in [0.5, 0.6) is 0 Å². The maximum absolute atomic E-state index is 13.9. The molecule has 0 amide bonds. The lowest BCUT2D eigenvalue weighted by atomic mass is 10.1. The summed E-state index contributed by atoms with van der Waals surface area (Å²) in [4.78, 5) is 22.1. The molecule has 2 N–H and O–H groups in total. The fraction of sp³-hybridized carbons (Fsp3) is 0.643. The number of ether oxygens (including phenoxy) is 1. The first-order chi connectivity index (χ1) is 10.9. The quantitative estimate of drug-likeness (QED) is 0.508. The van der Waals surface area contributed by atoms with E-state index in [2.05, 4.69) is 9.97 Å². The van der Waals surface area contributed by atoms with Gasteiger partial charge in [-0.15, -0.1) is 0 Å². The Bertz CT molecular complexity index is 586. The Morgan fingerprint density at radius 3 is 2.78 bits per heavy atom. The van der Waals surface area contributed by atoms with E-state index in [1.807, 2.05) is 0 Å². The van der Waals surface area contributed by atoms with Gasteiger partial charge in [0, 0.05) is 19.5 Å². The summed E-state index contributed by atoms with van der Waals surface area (Å²) in [6, 6.07) is 0. The summed E-state index contributed by atoms with van der Waals surface area (Å²) in [5.41, 5.74) is 6.05. The minimum atomic E-state index is -2.82. The van der Waals surface area contributed by atoms with Crippen LogP contribution in [-0.2, 0) is 11.3 Å². The summed E-state index contributed by atoms with van der Waals surface area (Å²) in [5, 5.41) is 0.390. The highest BCUT2D eigenvalue weighted by Crippen LogP contribution is 2.32. The number of thioether (sulfide) groups is 1. The molecule has 1 aromatic rings. The Morgan fingerprint density at radius 2 is 2.17 bits per heavy atom. The molecule has 2 heterocycles. The van der Waals surface area contributed by atoms with E-state index in [0.29, 0.717) is 30.2 Å². The SMILES string of the molecule is COC(=O)c1c(CN)nc(SC)nc1N1CCCCC(F)(F)C1. The Kier molecular flexibility index (Phi) is 5.74. The zero-order chi connectivity index (χ0) is 17.0. The van der Waals surface area contributed by atoms with Crippen molar-refractivity contribution in [2.75, 3.05) is 31.4 Å². The molecule has 6 nitrogen and oxygen atoms in total. The second-order valence-corrected chi connectivity index (χ2v) is 6.06. The van der Waals surface area contributed by atoms with Crippen molar-refractivity contribution in [2.24, 2.45) is 5.73 Å². The van der Waals surface area contributed by atoms with Crippen LogP contribution in [0.15, 0.2) is 5.16 Å². The molecular formula is C14H20F2N4O2S. The van der Waals surface area contributed by atoms with Crippen LogP contribution in [0, 0.1) is 0 Å². The van der Waals surface area contributed by atoms with E-state index in [4.69, 9.17) is 10.5 Å². The molecule has 0 aliphatic carbocycles. The topological polar surface area (TPSA) is 81.3 Å². The Morgan fingerprint density at radius 1 is 1.43 bits per heavy atom. The first kappa shape index (κ1) is 17.9. The summed E-state index contributed by atoms with van der Waals surface area (Å²) in [7, 11) is 1.23. The first-order valence-corrected chi connectivity index (χ1v) is 8.50. The number of nitrogens with zero attached hydrogens (tertiary/aromatic N) is 3. The molecule has 1 aromatic heterocycles. The number of aromatic nitrogens is 2. The molecule has 2 rings (SSSR count). The van der Waals surface area contributed by atoms with Gasteiger partial charge in [0.2, 0.25) is 0 Å². The molecule has 0 spiro atoms. The molecule has 0 bridgehead atoms. The van der Waals surface area contributed by atoms with Crippen LogP contribution < -0.4 is 10.6 Å². The Balaban J connectivity index is 2.55. The van der Waals surface area contributed by atoms with Crippen molar-refractivity contribution in [2.45, 2.75) is 36.9 Å². The summed E-state index contributed by atoms with van der Waals surface area (Å²) in [5.74, 6) is -3.31. The van der Waals surface area contributed by atoms with Gasteiger partial charge < -0.3 is 15.4 Å². The van der Waals surface area contributed by atoms with Crippen molar-refractivity contribution in [3.63, 3.8) is 0 Å².